The maximum atomic E-state index is 13.5. The van der Waals surface area contributed by atoms with E-state index >= 15 is 0 Å². The summed E-state index contributed by atoms with van der Waals surface area (Å²) in [6, 6.07) is 13.3. The van der Waals surface area contributed by atoms with Crippen LogP contribution in [0.3, 0.4) is 0 Å². The van der Waals surface area contributed by atoms with E-state index in [1.54, 1.807) is 43.9 Å². The first-order valence-corrected chi connectivity index (χ1v) is 13.4. The van der Waals surface area contributed by atoms with Gasteiger partial charge in [-0.05, 0) is 61.9 Å². The Hall–Kier alpha value is -3.90. The molecule has 2 aromatic carbocycles. The van der Waals surface area contributed by atoms with Crippen LogP contribution in [0.2, 0.25) is 0 Å². The van der Waals surface area contributed by atoms with E-state index in [2.05, 4.69) is 15.3 Å². The average Bonchev–Trinajstić information content (AvgIpc) is 3.39. The van der Waals surface area contributed by atoms with Crippen molar-refractivity contribution >= 4 is 21.5 Å². The number of aromatic nitrogens is 3. The van der Waals surface area contributed by atoms with Crippen molar-refractivity contribution in [2.45, 2.75) is 37.5 Å². The van der Waals surface area contributed by atoms with Crippen molar-refractivity contribution in [2.24, 2.45) is 0 Å². The largest absolute Gasteiger partial charge is 0.497 e. The normalized spacial score (nSPS) is 12.2. The summed E-state index contributed by atoms with van der Waals surface area (Å²) in [5.74, 6) is 0.620. The summed E-state index contributed by atoms with van der Waals surface area (Å²) in [5, 5.41) is 2.90. The molecule has 12 heteroatoms. The number of pyridine rings is 1. The molecule has 39 heavy (non-hydrogen) atoms. The number of sulfonamides is 1. The fourth-order valence-corrected chi connectivity index (χ4v) is 5.01. The first kappa shape index (κ1) is 28.1. The van der Waals surface area contributed by atoms with Crippen molar-refractivity contribution in [1.82, 2.24) is 18.8 Å². The number of alkyl halides is 3. The Morgan fingerprint density at radius 3 is 2.38 bits per heavy atom. The number of rotatable bonds is 9. The molecule has 0 bridgehead atoms. The van der Waals surface area contributed by atoms with Crippen molar-refractivity contribution in [3.63, 3.8) is 0 Å². The van der Waals surface area contributed by atoms with Gasteiger partial charge in [0.2, 0.25) is 10.0 Å². The fourth-order valence-electron chi connectivity index (χ4n) is 3.83. The highest BCUT2D eigenvalue weighted by atomic mass is 32.2. The van der Waals surface area contributed by atoms with E-state index in [0.717, 1.165) is 23.9 Å². The van der Waals surface area contributed by atoms with Gasteiger partial charge < -0.3 is 14.6 Å². The summed E-state index contributed by atoms with van der Waals surface area (Å²) in [6.45, 7) is 4.05. The quantitative estimate of drug-likeness (QED) is 0.266. The first-order valence-electron chi connectivity index (χ1n) is 12.0. The molecule has 0 aliphatic rings. The maximum Gasteiger partial charge on any atom is 0.416 e. The molecule has 8 nitrogen and oxygen atoms in total. The lowest BCUT2D eigenvalue weighted by Gasteiger charge is -2.19. The van der Waals surface area contributed by atoms with Crippen LogP contribution in [0, 0.1) is 0 Å². The second kappa shape index (κ2) is 11.1. The third-order valence-electron chi connectivity index (χ3n) is 6.09. The van der Waals surface area contributed by atoms with Crippen LogP contribution in [0.15, 0.2) is 78.2 Å². The second-order valence-electron chi connectivity index (χ2n) is 9.17. The van der Waals surface area contributed by atoms with Gasteiger partial charge in [0.05, 0.1) is 29.6 Å². The van der Waals surface area contributed by atoms with Crippen LogP contribution in [0.5, 0.6) is 5.75 Å². The topological polar surface area (TPSA) is 89.4 Å². The first-order chi connectivity index (χ1) is 18.4. The Morgan fingerprint density at radius 1 is 1.05 bits per heavy atom. The zero-order chi connectivity index (χ0) is 28.4. The highest BCUT2D eigenvalue weighted by Gasteiger charge is 2.31. The number of nitrogens with zero attached hydrogens (tertiary/aromatic N) is 4. The lowest BCUT2D eigenvalue weighted by atomic mass is 10.1. The molecule has 0 fully saturated rings. The van der Waals surface area contributed by atoms with Gasteiger partial charge in [-0.15, -0.1) is 0 Å². The number of nitrogens with one attached hydrogen (secondary N) is 1. The van der Waals surface area contributed by atoms with Crippen molar-refractivity contribution in [2.75, 3.05) is 19.5 Å². The number of ether oxygens (including phenoxy) is 1. The predicted molar refractivity (Wildman–Crippen MR) is 142 cm³/mol. The van der Waals surface area contributed by atoms with Crippen LogP contribution >= 0.6 is 0 Å². The number of hydrogen-bond acceptors (Lipinski definition) is 6. The molecule has 4 rings (SSSR count). The van der Waals surface area contributed by atoms with E-state index in [1.807, 2.05) is 18.4 Å². The number of halogens is 3. The van der Waals surface area contributed by atoms with Crippen LogP contribution in [-0.2, 0) is 22.7 Å². The van der Waals surface area contributed by atoms with Gasteiger partial charge in [0.25, 0.3) is 0 Å². The molecule has 206 valence electrons. The van der Waals surface area contributed by atoms with Crippen LogP contribution < -0.4 is 10.1 Å². The van der Waals surface area contributed by atoms with Gasteiger partial charge in [-0.25, -0.2) is 18.4 Å². The molecule has 0 spiro atoms. The Labute approximate surface area is 225 Å². The van der Waals surface area contributed by atoms with Crippen molar-refractivity contribution < 1.29 is 26.3 Å². The second-order valence-corrected chi connectivity index (χ2v) is 11.2. The van der Waals surface area contributed by atoms with Crippen molar-refractivity contribution in [1.29, 1.82) is 0 Å². The molecule has 0 aliphatic heterocycles. The highest BCUT2D eigenvalue weighted by Crippen LogP contribution is 2.35. The molecule has 0 unspecified atom stereocenters. The van der Waals surface area contributed by atoms with Gasteiger partial charge in [0, 0.05) is 43.3 Å². The van der Waals surface area contributed by atoms with Crippen LogP contribution in [0.1, 0.15) is 31.0 Å². The summed E-state index contributed by atoms with van der Waals surface area (Å²) >= 11 is 0. The standard InChI is InChI=1S/C27H28F3N5O3S/c1-18(2)35-16-25(32-17-35)23-14-22(39(36,37)34(3)15-19-5-7-21(38-4)8-6-19)9-10-24(23)33-26-13-20(11-12-31-26)27(28,29)30/h5-14,16-18H,15H2,1-4H3,(H,31,33). The zero-order valence-corrected chi connectivity index (χ0v) is 22.6. The van der Waals surface area contributed by atoms with E-state index in [-0.39, 0.29) is 23.3 Å². The van der Waals surface area contributed by atoms with Crippen LogP contribution in [-0.4, -0.2) is 41.4 Å². The van der Waals surface area contributed by atoms with Gasteiger partial charge in [0.15, 0.2) is 0 Å². The van der Waals surface area contributed by atoms with Gasteiger partial charge in [0.1, 0.15) is 11.6 Å². The molecule has 0 radical (unpaired) electrons. The third-order valence-corrected chi connectivity index (χ3v) is 7.89. The summed E-state index contributed by atoms with van der Waals surface area (Å²) in [7, 11) is -0.905. The number of methoxy groups -OCH3 is 1. The van der Waals surface area contributed by atoms with Gasteiger partial charge >= 0.3 is 6.18 Å². The zero-order valence-electron chi connectivity index (χ0n) is 21.8. The molecule has 0 atom stereocenters. The third kappa shape index (κ3) is 6.40. The highest BCUT2D eigenvalue weighted by molar-refractivity contribution is 7.89. The lowest BCUT2D eigenvalue weighted by Crippen LogP contribution is -2.26. The van der Waals surface area contributed by atoms with Crippen LogP contribution in [0.25, 0.3) is 11.3 Å². The number of anilines is 2. The average molecular weight is 560 g/mol. The SMILES string of the molecule is COc1ccc(CN(C)S(=O)(=O)c2ccc(Nc3cc(C(F)(F)F)ccn3)c(-c3cn(C(C)C)cn3)c2)cc1. The Bertz CT molecular complexity index is 1550. The van der Waals surface area contributed by atoms with E-state index in [4.69, 9.17) is 4.74 Å². The van der Waals surface area contributed by atoms with Crippen molar-refractivity contribution in [3.8, 4) is 17.0 Å². The van der Waals surface area contributed by atoms with E-state index in [1.165, 1.54) is 29.6 Å². The minimum absolute atomic E-state index is 0.00941. The Morgan fingerprint density at radius 2 is 1.77 bits per heavy atom. The Kier molecular flexibility index (Phi) is 7.98. The number of hydrogen-bond donors (Lipinski definition) is 1. The smallest absolute Gasteiger partial charge is 0.416 e. The summed E-state index contributed by atoms with van der Waals surface area (Å²) in [5.41, 5.74) is 1.12. The van der Waals surface area contributed by atoms with E-state index < -0.39 is 21.8 Å². The monoisotopic (exact) mass is 559 g/mol. The molecular weight excluding hydrogens is 531 g/mol. The Balaban J connectivity index is 1.71. The van der Waals surface area contributed by atoms with Crippen LogP contribution in [0.4, 0.5) is 24.7 Å². The molecule has 4 aromatic rings. The maximum absolute atomic E-state index is 13.5. The van der Waals surface area contributed by atoms with E-state index in [9.17, 15) is 21.6 Å². The fraction of sp³-hybridized carbons (Fsp3) is 0.259. The summed E-state index contributed by atoms with van der Waals surface area (Å²) < 4.78 is 74.9. The number of imidazole rings is 1. The molecule has 2 aromatic heterocycles. The minimum Gasteiger partial charge on any atom is -0.497 e. The molecule has 1 N–H and O–H groups in total. The van der Waals surface area contributed by atoms with Gasteiger partial charge in [-0.1, -0.05) is 12.1 Å². The number of benzene rings is 2. The predicted octanol–water partition coefficient (Wildman–Crippen LogP) is 6.12. The van der Waals surface area contributed by atoms with Gasteiger partial charge in [-0.3, -0.25) is 0 Å². The van der Waals surface area contributed by atoms with E-state index in [0.29, 0.717) is 22.7 Å². The molecular formula is C27H28F3N5O3S. The molecule has 0 amide bonds. The van der Waals surface area contributed by atoms with Crippen molar-refractivity contribution in [3.05, 3.63) is 84.4 Å². The van der Waals surface area contributed by atoms with Gasteiger partial charge in [-0.2, -0.15) is 17.5 Å². The lowest BCUT2D eigenvalue weighted by molar-refractivity contribution is -0.137. The molecule has 0 saturated carbocycles. The molecule has 0 saturated heterocycles. The minimum atomic E-state index is -4.54. The molecule has 2 heterocycles. The summed E-state index contributed by atoms with van der Waals surface area (Å²) in [6.07, 6.45) is -0.110. The summed E-state index contributed by atoms with van der Waals surface area (Å²) in [4.78, 5) is 8.43. The molecule has 0 aliphatic carbocycles.